The Morgan fingerprint density at radius 2 is 1.89 bits per heavy atom. The fourth-order valence-corrected chi connectivity index (χ4v) is 5.94. The van der Waals surface area contributed by atoms with Crippen molar-refractivity contribution in [3.63, 3.8) is 0 Å². The van der Waals surface area contributed by atoms with Gasteiger partial charge in [-0.1, -0.05) is 12.8 Å². The van der Waals surface area contributed by atoms with Crippen LogP contribution in [-0.2, 0) is 9.59 Å². The molecule has 2 aliphatic heterocycles. The van der Waals surface area contributed by atoms with Crippen molar-refractivity contribution in [2.24, 2.45) is 22.2 Å². The van der Waals surface area contributed by atoms with Crippen LogP contribution in [0.15, 0.2) is 0 Å². The van der Waals surface area contributed by atoms with E-state index in [2.05, 4.69) is 6.92 Å². The summed E-state index contributed by atoms with van der Waals surface area (Å²) in [4.78, 5) is 26.8. The fourth-order valence-electron chi connectivity index (χ4n) is 5.94. The number of hydrogen-bond acceptors (Lipinski definition) is 2. The molecule has 4 fully saturated rings. The van der Waals surface area contributed by atoms with Crippen LogP contribution in [0.3, 0.4) is 0 Å². The molecule has 0 aromatic rings. The van der Waals surface area contributed by atoms with Gasteiger partial charge in [0.05, 0.1) is 10.8 Å². The van der Waals surface area contributed by atoms with E-state index in [4.69, 9.17) is 0 Å². The lowest BCUT2D eigenvalue weighted by molar-refractivity contribution is -0.216. The molecule has 1 spiro atoms. The number of imide groups is 1. The SMILES string of the molecule is C[C@]12C(=O)N3CC[C@@H]4CCCC[C@]41C[C@@]2(C)C3=O. The number of fused-ring (bicyclic) bond motifs is 1. The van der Waals surface area contributed by atoms with Gasteiger partial charge >= 0.3 is 0 Å². The topological polar surface area (TPSA) is 37.4 Å². The monoisotopic (exact) mass is 247 g/mol. The number of amides is 2. The standard InChI is InChI=1S/C15H21NO2/c1-13-9-15-7-4-3-5-10(15)6-8-16(11(13)17)12(18)14(13,15)2/h10H,3-9H2,1-2H3/t10-,13-,14+,15-/m0/s1. The molecule has 2 aliphatic carbocycles. The van der Waals surface area contributed by atoms with Crippen molar-refractivity contribution >= 4 is 11.8 Å². The van der Waals surface area contributed by atoms with Crippen LogP contribution < -0.4 is 0 Å². The number of hydrogen-bond donors (Lipinski definition) is 0. The van der Waals surface area contributed by atoms with E-state index in [1.165, 1.54) is 19.3 Å². The van der Waals surface area contributed by atoms with E-state index in [-0.39, 0.29) is 22.6 Å². The van der Waals surface area contributed by atoms with Gasteiger partial charge in [-0.15, -0.1) is 0 Å². The average molecular weight is 247 g/mol. The lowest BCUT2D eigenvalue weighted by atomic mass is 9.33. The van der Waals surface area contributed by atoms with E-state index in [0.717, 1.165) is 19.3 Å². The molecule has 4 atom stereocenters. The maximum atomic E-state index is 12.7. The van der Waals surface area contributed by atoms with Crippen molar-refractivity contribution in [1.29, 1.82) is 0 Å². The van der Waals surface area contributed by atoms with Gasteiger partial charge in [0.15, 0.2) is 0 Å². The summed E-state index contributed by atoms with van der Waals surface area (Å²) in [5.74, 6) is 0.932. The minimum atomic E-state index is -0.390. The molecule has 4 aliphatic rings. The summed E-state index contributed by atoms with van der Waals surface area (Å²) in [7, 11) is 0. The summed E-state index contributed by atoms with van der Waals surface area (Å²) < 4.78 is 0. The largest absolute Gasteiger partial charge is 0.282 e. The van der Waals surface area contributed by atoms with Crippen LogP contribution >= 0.6 is 0 Å². The predicted molar refractivity (Wildman–Crippen MR) is 66.6 cm³/mol. The summed E-state index contributed by atoms with van der Waals surface area (Å²) in [6, 6.07) is 0. The smallest absolute Gasteiger partial charge is 0.236 e. The molecule has 2 heterocycles. The van der Waals surface area contributed by atoms with Gasteiger partial charge in [-0.2, -0.15) is 0 Å². The van der Waals surface area contributed by atoms with Crippen LogP contribution in [0.1, 0.15) is 52.4 Å². The first kappa shape index (κ1) is 11.0. The van der Waals surface area contributed by atoms with E-state index in [0.29, 0.717) is 12.5 Å². The van der Waals surface area contributed by atoms with Gasteiger partial charge in [-0.3, -0.25) is 14.5 Å². The van der Waals surface area contributed by atoms with Crippen LogP contribution in [0.2, 0.25) is 0 Å². The zero-order valence-electron chi connectivity index (χ0n) is 11.3. The molecule has 0 radical (unpaired) electrons. The second-order valence-electron chi connectivity index (χ2n) is 7.28. The summed E-state index contributed by atoms with van der Waals surface area (Å²) in [6.45, 7) is 4.81. The van der Waals surface area contributed by atoms with E-state index >= 15 is 0 Å². The molecular formula is C15H21NO2. The van der Waals surface area contributed by atoms with E-state index in [9.17, 15) is 9.59 Å². The third-order valence-corrected chi connectivity index (χ3v) is 7.07. The van der Waals surface area contributed by atoms with E-state index in [1.807, 2.05) is 6.92 Å². The zero-order chi connectivity index (χ0) is 12.8. The van der Waals surface area contributed by atoms with Crippen molar-refractivity contribution in [2.45, 2.75) is 52.4 Å². The lowest BCUT2D eigenvalue weighted by Crippen LogP contribution is -2.68. The quantitative estimate of drug-likeness (QED) is 0.616. The Morgan fingerprint density at radius 1 is 1.11 bits per heavy atom. The first-order valence-electron chi connectivity index (χ1n) is 7.34. The highest BCUT2D eigenvalue weighted by Gasteiger charge is 2.82. The fraction of sp³-hybridized carbons (Fsp3) is 0.867. The summed E-state index contributed by atoms with van der Waals surface area (Å²) in [6.07, 6.45) is 6.98. The minimum absolute atomic E-state index is 0.115. The van der Waals surface area contributed by atoms with Crippen molar-refractivity contribution in [3.8, 4) is 0 Å². The van der Waals surface area contributed by atoms with Gasteiger partial charge in [0.1, 0.15) is 0 Å². The first-order valence-corrected chi connectivity index (χ1v) is 7.34. The summed E-state index contributed by atoms with van der Waals surface area (Å²) in [5.41, 5.74) is -0.628. The highest BCUT2D eigenvalue weighted by Crippen LogP contribution is 2.78. The Balaban J connectivity index is 1.92. The van der Waals surface area contributed by atoms with Gasteiger partial charge < -0.3 is 0 Å². The molecule has 2 saturated carbocycles. The number of nitrogens with zero attached hydrogens (tertiary/aromatic N) is 1. The van der Waals surface area contributed by atoms with Crippen molar-refractivity contribution in [2.75, 3.05) is 6.54 Å². The van der Waals surface area contributed by atoms with Crippen LogP contribution in [0.4, 0.5) is 0 Å². The Bertz CT molecular complexity index is 473. The lowest BCUT2D eigenvalue weighted by Gasteiger charge is -2.67. The Hall–Kier alpha value is -0.860. The molecule has 18 heavy (non-hydrogen) atoms. The van der Waals surface area contributed by atoms with Crippen LogP contribution in [0, 0.1) is 22.2 Å². The maximum absolute atomic E-state index is 12.7. The van der Waals surface area contributed by atoms with Gasteiger partial charge in [-0.25, -0.2) is 0 Å². The zero-order valence-corrected chi connectivity index (χ0v) is 11.3. The predicted octanol–water partition coefficient (Wildman–Crippen LogP) is 2.35. The third-order valence-electron chi connectivity index (χ3n) is 7.07. The molecule has 98 valence electrons. The molecule has 3 heteroatoms. The Labute approximate surface area is 108 Å². The first-order chi connectivity index (χ1) is 8.47. The molecule has 0 aromatic heterocycles. The molecule has 2 bridgehead atoms. The van der Waals surface area contributed by atoms with E-state index in [1.54, 1.807) is 4.90 Å². The molecule has 2 amide bonds. The summed E-state index contributed by atoms with van der Waals surface area (Å²) in [5, 5.41) is 0. The van der Waals surface area contributed by atoms with Gasteiger partial charge in [0.2, 0.25) is 11.8 Å². The van der Waals surface area contributed by atoms with Crippen molar-refractivity contribution < 1.29 is 9.59 Å². The third kappa shape index (κ3) is 0.784. The van der Waals surface area contributed by atoms with Gasteiger partial charge in [-0.05, 0) is 50.9 Å². The molecule has 2 saturated heterocycles. The molecule has 3 nitrogen and oxygen atoms in total. The van der Waals surface area contributed by atoms with E-state index < -0.39 is 5.41 Å². The average Bonchev–Trinajstić information content (AvgIpc) is 2.44. The van der Waals surface area contributed by atoms with Crippen LogP contribution in [0.25, 0.3) is 0 Å². The maximum Gasteiger partial charge on any atom is 0.236 e. The molecule has 0 unspecified atom stereocenters. The summed E-state index contributed by atoms with van der Waals surface area (Å²) >= 11 is 0. The number of rotatable bonds is 0. The molecule has 4 rings (SSSR count). The van der Waals surface area contributed by atoms with Crippen molar-refractivity contribution in [3.05, 3.63) is 0 Å². The minimum Gasteiger partial charge on any atom is -0.282 e. The van der Waals surface area contributed by atoms with Crippen LogP contribution in [0.5, 0.6) is 0 Å². The Kier molecular flexibility index (Phi) is 1.73. The van der Waals surface area contributed by atoms with Gasteiger partial charge in [0, 0.05) is 6.54 Å². The normalized spacial score (nSPS) is 53.9. The van der Waals surface area contributed by atoms with Crippen molar-refractivity contribution in [1.82, 2.24) is 4.90 Å². The molecule has 0 N–H and O–H groups in total. The second-order valence-corrected chi connectivity index (χ2v) is 7.28. The van der Waals surface area contributed by atoms with Gasteiger partial charge in [0.25, 0.3) is 0 Å². The highest BCUT2D eigenvalue weighted by molar-refractivity contribution is 6.11. The molecular weight excluding hydrogens is 226 g/mol. The highest BCUT2D eigenvalue weighted by atomic mass is 16.2. The number of carbonyl (C=O) groups excluding carboxylic acids is 2. The Morgan fingerprint density at radius 3 is 2.67 bits per heavy atom. The number of carbonyl (C=O) groups is 2. The molecule has 0 aromatic carbocycles. The van der Waals surface area contributed by atoms with Crippen LogP contribution in [-0.4, -0.2) is 23.3 Å². The second kappa shape index (κ2) is 2.83.